The quantitative estimate of drug-likeness (QED) is 0.642. The fourth-order valence-corrected chi connectivity index (χ4v) is 2.48. The number of carbonyl (C=O) groups excluding carboxylic acids is 1. The minimum absolute atomic E-state index is 0.176. The second kappa shape index (κ2) is 6.37. The van der Waals surface area contributed by atoms with Crippen LogP contribution in [-0.2, 0) is 9.84 Å². The van der Waals surface area contributed by atoms with Crippen LogP contribution in [0, 0.1) is 11.3 Å². The Balaban J connectivity index is 2.18. The maximum Gasteiger partial charge on any atom is 0.185 e. The van der Waals surface area contributed by atoms with E-state index >= 15 is 0 Å². The zero-order chi connectivity index (χ0) is 16.2. The highest BCUT2D eigenvalue weighted by atomic mass is 32.2. The van der Waals surface area contributed by atoms with Crippen LogP contribution in [0.25, 0.3) is 6.08 Å². The van der Waals surface area contributed by atoms with Crippen molar-refractivity contribution in [2.24, 2.45) is 0 Å². The van der Waals surface area contributed by atoms with Crippen molar-refractivity contribution in [3.05, 3.63) is 71.3 Å². The lowest BCUT2D eigenvalue weighted by Gasteiger charge is -2.00. The van der Waals surface area contributed by atoms with E-state index in [1.54, 1.807) is 30.3 Å². The highest BCUT2D eigenvalue weighted by molar-refractivity contribution is 7.90. The summed E-state index contributed by atoms with van der Waals surface area (Å²) in [5.74, 6) is -0.234. The number of carbonyl (C=O) groups is 1. The van der Waals surface area contributed by atoms with Gasteiger partial charge in [-0.05, 0) is 48.0 Å². The van der Waals surface area contributed by atoms with Gasteiger partial charge in [-0.25, -0.2) is 8.42 Å². The molecule has 5 heteroatoms. The highest BCUT2D eigenvalue weighted by Gasteiger charge is 2.08. The molecule has 0 saturated carbocycles. The number of ketones is 1. The molecule has 0 radical (unpaired) electrons. The fraction of sp³-hybridized carbons (Fsp3) is 0.0588. The van der Waals surface area contributed by atoms with Crippen LogP contribution in [0.3, 0.4) is 0 Å². The van der Waals surface area contributed by atoms with Crippen molar-refractivity contribution < 1.29 is 13.2 Å². The first-order valence-corrected chi connectivity index (χ1v) is 8.32. The molecule has 0 fully saturated rings. The fourth-order valence-electron chi connectivity index (χ4n) is 1.85. The molecule has 0 amide bonds. The van der Waals surface area contributed by atoms with Gasteiger partial charge in [0.15, 0.2) is 15.6 Å². The Kier molecular flexibility index (Phi) is 4.54. The Morgan fingerprint density at radius 1 is 1.14 bits per heavy atom. The normalized spacial score (nSPS) is 11.3. The summed E-state index contributed by atoms with van der Waals surface area (Å²) < 4.78 is 22.7. The summed E-state index contributed by atoms with van der Waals surface area (Å²) in [5.41, 5.74) is 1.67. The van der Waals surface area contributed by atoms with Crippen LogP contribution in [0.2, 0.25) is 0 Å². The predicted octanol–water partition coefficient (Wildman–Crippen LogP) is 2.86. The molecule has 0 unspecified atom stereocenters. The molecular formula is C17H13NO3S. The van der Waals surface area contributed by atoms with E-state index in [4.69, 9.17) is 5.26 Å². The molecule has 4 nitrogen and oxygen atoms in total. The van der Waals surface area contributed by atoms with Gasteiger partial charge >= 0.3 is 0 Å². The molecule has 0 atom stereocenters. The third-order valence-electron chi connectivity index (χ3n) is 3.01. The van der Waals surface area contributed by atoms with E-state index < -0.39 is 9.84 Å². The molecule has 0 aliphatic heterocycles. The van der Waals surface area contributed by atoms with Crippen molar-refractivity contribution in [1.82, 2.24) is 0 Å². The lowest BCUT2D eigenvalue weighted by Crippen LogP contribution is -1.99. The third-order valence-corrected chi connectivity index (χ3v) is 4.14. The van der Waals surface area contributed by atoms with Gasteiger partial charge in [-0.1, -0.05) is 18.2 Å². The van der Waals surface area contributed by atoms with E-state index in [1.165, 1.54) is 30.3 Å². The monoisotopic (exact) mass is 311 g/mol. The average molecular weight is 311 g/mol. The van der Waals surface area contributed by atoms with Gasteiger partial charge in [0.1, 0.15) is 0 Å². The van der Waals surface area contributed by atoms with Crippen molar-refractivity contribution >= 4 is 21.7 Å². The summed E-state index contributed by atoms with van der Waals surface area (Å²) in [5, 5.41) is 8.82. The molecule has 0 aliphatic carbocycles. The number of hydrogen-bond acceptors (Lipinski definition) is 4. The molecule has 0 spiro atoms. The average Bonchev–Trinajstić information content (AvgIpc) is 2.52. The smallest absolute Gasteiger partial charge is 0.185 e. The molecule has 22 heavy (non-hydrogen) atoms. The Morgan fingerprint density at radius 2 is 1.82 bits per heavy atom. The van der Waals surface area contributed by atoms with Crippen LogP contribution in [0.1, 0.15) is 21.5 Å². The summed E-state index contributed by atoms with van der Waals surface area (Å²) in [7, 11) is -3.27. The van der Waals surface area contributed by atoms with Gasteiger partial charge in [-0.2, -0.15) is 5.26 Å². The first-order valence-electron chi connectivity index (χ1n) is 6.43. The van der Waals surface area contributed by atoms with Gasteiger partial charge in [-0.15, -0.1) is 0 Å². The zero-order valence-corrected chi connectivity index (χ0v) is 12.7. The van der Waals surface area contributed by atoms with Gasteiger partial charge in [0, 0.05) is 11.8 Å². The topological polar surface area (TPSA) is 75.0 Å². The predicted molar refractivity (Wildman–Crippen MR) is 84.1 cm³/mol. The largest absolute Gasteiger partial charge is 0.289 e. The Labute approximate surface area is 129 Å². The standard InChI is InChI=1S/C17H13NO3S/c1-22(20,21)16-8-6-15(7-9-16)17(19)10-5-13-3-2-4-14(11-13)12-18/h2-11H,1H3. The van der Waals surface area contributed by atoms with E-state index in [1.807, 2.05) is 6.07 Å². The molecule has 0 N–H and O–H groups in total. The molecule has 0 heterocycles. The van der Waals surface area contributed by atoms with Crippen LogP contribution in [0.15, 0.2) is 59.5 Å². The molecule has 0 saturated heterocycles. The molecule has 110 valence electrons. The van der Waals surface area contributed by atoms with Gasteiger partial charge in [0.05, 0.1) is 16.5 Å². The summed E-state index contributed by atoms with van der Waals surface area (Å²) in [6.07, 6.45) is 4.13. The number of allylic oxidation sites excluding steroid dienone is 1. The van der Waals surface area contributed by atoms with Crippen LogP contribution in [-0.4, -0.2) is 20.5 Å². The first-order chi connectivity index (χ1) is 10.4. The molecular weight excluding hydrogens is 298 g/mol. The highest BCUT2D eigenvalue weighted by Crippen LogP contribution is 2.12. The Hall–Kier alpha value is -2.71. The van der Waals surface area contributed by atoms with Crippen molar-refractivity contribution in [3.63, 3.8) is 0 Å². The van der Waals surface area contributed by atoms with Crippen molar-refractivity contribution in [2.45, 2.75) is 4.90 Å². The van der Waals surface area contributed by atoms with E-state index in [2.05, 4.69) is 0 Å². The van der Waals surface area contributed by atoms with Gasteiger partial charge < -0.3 is 0 Å². The van der Waals surface area contributed by atoms with E-state index in [0.29, 0.717) is 11.1 Å². The number of sulfone groups is 1. The van der Waals surface area contributed by atoms with Crippen LogP contribution in [0.4, 0.5) is 0 Å². The van der Waals surface area contributed by atoms with Gasteiger partial charge in [-0.3, -0.25) is 4.79 Å². The van der Waals surface area contributed by atoms with Gasteiger partial charge in [0.25, 0.3) is 0 Å². The van der Waals surface area contributed by atoms with E-state index in [9.17, 15) is 13.2 Å². The van der Waals surface area contributed by atoms with E-state index in [-0.39, 0.29) is 10.7 Å². The second-order valence-electron chi connectivity index (χ2n) is 4.73. The number of benzene rings is 2. The maximum atomic E-state index is 12.0. The van der Waals surface area contributed by atoms with Crippen molar-refractivity contribution in [1.29, 1.82) is 5.26 Å². The zero-order valence-electron chi connectivity index (χ0n) is 11.9. The first kappa shape index (κ1) is 15.7. The molecule has 0 bridgehead atoms. The van der Waals surface area contributed by atoms with Crippen LogP contribution < -0.4 is 0 Å². The summed E-state index contributed by atoms with van der Waals surface area (Å²) in [6, 6.07) is 14.7. The summed E-state index contributed by atoms with van der Waals surface area (Å²) in [4.78, 5) is 12.2. The van der Waals surface area contributed by atoms with Gasteiger partial charge in [0.2, 0.25) is 0 Å². The number of nitriles is 1. The lowest BCUT2D eigenvalue weighted by atomic mass is 10.1. The van der Waals surface area contributed by atoms with Crippen molar-refractivity contribution in [3.8, 4) is 6.07 Å². The Morgan fingerprint density at radius 3 is 2.41 bits per heavy atom. The van der Waals surface area contributed by atoms with E-state index in [0.717, 1.165) is 11.8 Å². The maximum absolute atomic E-state index is 12.0. The van der Waals surface area contributed by atoms with Crippen LogP contribution >= 0.6 is 0 Å². The molecule has 2 aromatic rings. The number of rotatable bonds is 4. The summed E-state index contributed by atoms with van der Waals surface area (Å²) >= 11 is 0. The molecule has 2 rings (SSSR count). The SMILES string of the molecule is CS(=O)(=O)c1ccc(C(=O)C=Cc2cccc(C#N)c2)cc1. The Bertz CT molecular complexity index is 873. The molecule has 0 aliphatic rings. The summed E-state index contributed by atoms with van der Waals surface area (Å²) in [6.45, 7) is 0. The number of hydrogen-bond donors (Lipinski definition) is 0. The minimum atomic E-state index is -3.27. The lowest BCUT2D eigenvalue weighted by molar-refractivity contribution is 0.104. The molecule has 2 aromatic carbocycles. The minimum Gasteiger partial charge on any atom is -0.289 e. The van der Waals surface area contributed by atoms with Crippen molar-refractivity contribution in [2.75, 3.05) is 6.26 Å². The van der Waals surface area contributed by atoms with Crippen LogP contribution in [0.5, 0.6) is 0 Å². The molecule has 0 aromatic heterocycles. The second-order valence-corrected chi connectivity index (χ2v) is 6.75. The number of nitrogens with zero attached hydrogens (tertiary/aromatic N) is 1. The third kappa shape index (κ3) is 3.90.